The highest BCUT2D eigenvalue weighted by Gasteiger charge is 2.38. The second-order valence-electron chi connectivity index (χ2n) is 7.43. The minimum Gasteiger partial charge on any atom is -0.481 e. The third kappa shape index (κ3) is 6.08. The fourth-order valence-corrected chi connectivity index (χ4v) is 3.65. The number of hydrogen-bond acceptors (Lipinski definition) is 2. The number of nitrogens with one attached hydrogen (secondary N) is 1. The first kappa shape index (κ1) is 16.0. The van der Waals surface area contributed by atoms with Crippen molar-refractivity contribution < 1.29 is 14.7 Å². The lowest BCUT2D eigenvalue weighted by atomic mass is 9.63. The molecule has 1 rings (SSSR count). The fourth-order valence-electron chi connectivity index (χ4n) is 3.65. The molecule has 19 heavy (non-hydrogen) atoms. The lowest BCUT2D eigenvalue weighted by Crippen LogP contribution is -2.46. The van der Waals surface area contributed by atoms with Crippen molar-refractivity contribution in [1.82, 2.24) is 5.32 Å². The second kappa shape index (κ2) is 5.93. The van der Waals surface area contributed by atoms with Crippen LogP contribution in [0.2, 0.25) is 0 Å². The molecule has 0 spiro atoms. The first-order valence-corrected chi connectivity index (χ1v) is 7.11. The molecule has 4 nitrogen and oxygen atoms in total. The SMILES string of the molecule is CC1(C)CC(NC(=O)CCCC(=O)O)CC(C)(C)C1. The van der Waals surface area contributed by atoms with Crippen molar-refractivity contribution in [3.05, 3.63) is 0 Å². The van der Waals surface area contributed by atoms with Crippen LogP contribution in [0.1, 0.15) is 66.2 Å². The Hall–Kier alpha value is -1.06. The molecule has 0 aromatic heterocycles. The van der Waals surface area contributed by atoms with Gasteiger partial charge in [-0.1, -0.05) is 27.7 Å². The van der Waals surface area contributed by atoms with E-state index in [1.807, 2.05) is 0 Å². The van der Waals surface area contributed by atoms with Gasteiger partial charge in [-0.15, -0.1) is 0 Å². The van der Waals surface area contributed by atoms with Gasteiger partial charge in [-0.25, -0.2) is 0 Å². The lowest BCUT2D eigenvalue weighted by Gasteiger charge is -2.45. The minimum atomic E-state index is -0.840. The summed E-state index contributed by atoms with van der Waals surface area (Å²) in [5.41, 5.74) is 0.502. The van der Waals surface area contributed by atoms with Gasteiger partial charge in [-0.05, 0) is 36.5 Å². The molecule has 1 aliphatic rings. The zero-order chi connectivity index (χ0) is 14.7. The summed E-state index contributed by atoms with van der Waals surface area (Å²) in [6.07, 6.45) is 3.97. The summed E-state index contributed by atoms with van der Waals surface area (Å²) in [5.74, 6) is -0.854. The molecule has 0 heterocycles. The van der Waals surface area contributed by atoms with Gasteiger partial charge in [0.1, 0.15) is 0 Å². The Labute approximate surface area is 116 Å². The van der Waals surface area contributed by atoms with Gasteiger partial charge in [0.15, 0.2) is 0 Å². The molecule has 0 bridgehead atoms. The first-order chi connectivity index (χ1) is 8.60. The predicted octanol–water partition coefficient (Wildman–Crippen LogP) is 2.96. The van der Waals surface area contributed by atoms with Gasteiger partial charge in [0.2, 0.25) is 5.91 Å². The van der Waals surface area contributed by atoms with Crippen LogP contribution in [0.25, 0.3) is 0 Å². The Morgan fingerprint density at radius 3 is 2.11 bits per heavy atom. The van der Waals surface area contributed by atoms with Crippen LogP contribution in [-0.4, -0.2) is 23.0 Å². The van der Waals surface area contributed by atoms with Crippen molar-refractivity contribution in [3.8, 4) is 0 Å². The maximum absolute atomic E-state index is 11.8. The summed E-state index contributed by atoms with van der Waals surface area (Å²) < 4.78 is 0. The van der Waals surface area contributed by atoms with Crippen molar-refractivity contribution in [3.63, 3.8) is 0 Å². The number of rotatable bonds is 5. The first-order valence-electron chi connectivity index (χ1n) is 7.11. The molecule has 0 aromatic carbocycles. The Morgan fingerprint density at radius 1 is 1.11 bits per heavy atom. The third-order valence-corrected chi connectivity index (χ3v) is 3.71. The lowest BCUT2D eigenvalue weighted by molar-refractivity contribution is -0.137. The molecule has 0 atom stereocenters. The van der Waals surface area contributed by atoms with Crippen LogP contribution >= 0.6 is 0 Å². The number of hydrogen-bond donors (Lipinski definition) is 2. The van der Waals surface area contributed by atoms with E-state index in [4.69, 9.17) is 5.11 Å². The van der Waals surface area contributed by atoms with Gasteiger partial charge in [0.25, 0.3) is 0 Å². The number of aliphatic carboxylic acids is 1. The highest BCUT2D eigenvalue weighted by Crippen LogP contribution is 2.45. The Morgan fingerprint density at radius 2 is 1.63 bits per heavy atom. The zero-order valence-electron chi connectivity index (χ0n) is 12.6. The van der Waals surface area contributed by atoms with E-state index in [2.05, 4.69) is 33.0 Å². The summed E-state index contributed by atoms with van der Waals surface area (Å²) in [4.78, 5) is 22.2. The van der Waals surface area contributed by atoms with Crippen LogP contribution < -0.4 is 5.32 Å². The van der Waals surface area contributed by atoms with E-state index in [0.717, 1.165) is 12.8 Å². The monoisotopic (exact) mass is 269 g/mol. The van der Waals surface area contributed by atoms with Crippen molar-refractivity contribution in [2.75, 3.05) is 0 Å². The van der Waals surface area contributed by atoms with E-state index >= 15 is 0 Å². The average Bonchev–Trinajstić information content (AvgIpc) is 2.10. The second-order valence-corrected chi connectivity index (χ2v) is 7.43. The summed E-state index contributed by atoms with van der Waals surface area (Å²) >= 11 is 0. The molecule has 0 saturated heterocycles. The van der Waals surface area contributed by atoms with Gasteiger partial charge in [0, 0.05) is 18.9 Å². The highest BCUT2D eigenvalue weighted by molar-refractivity contribution is 5.77. The van der Waals surface area contributed by atoms with Gasteiger partial charge in [-0.2, -0.15) is 0 Å². The summed E-state index contributed by atoms with van der Waals surface area (Å²) in [7, 11) is 0. The van der Waals surface area contributed by atoms with E-state index in [0.29, 0.717) is 12.8 Å². The highest BCUT2D eigenvalue weighted by atomic mass is 16.4. The van der Waals surface area contributed by atoms with E-state index in [1.165, 1.54) is 6.42 Å². The quantitative estimate of drug-likeness (QED) is 0.806. The Bertz CT molecular complexity index is 331. The standard InChI is InChI=1S/C15H27NO3/c1-14(2)8-11(9-15(3,4)10-14)16-12(17)6-5-7-13(18)19/h11H,5-10H2,1-4H3,(H,16,17)(H,18,19). The van der Waals surface area contributed by atoms with Gasteiger partial charge >= 0.3 is 5.97 Å². The summed E-state index contributed by atoms with van der Waals surface area (Å²) in [5, 5.41) is 11.6. The van der Waals surface area contributed by atoms with Gasteiger partial charge < -0.3 is 10.4 Å². The Kier molecular flexibility index (Phi) is 4.99. The van der Waals surface area contributed by atoms with Gasteiger partial charge in [-0.3, -0.25) is 9.59 Å². The smallest absolute Gasteiger partial charge is 0.303 e. The number of carboxylic acids is 1. The molecule has 110 valence electrons. The maximum atomic E-state index is 11.8. The predicted molar refractivity (Wildman–Crippen MR) is 74.8 cm³/mol. The van der Waals surface area contributed by atoms with Crippen LogP contribution in [0.3, 0.4) is 0 Å². The van der Waals surface area contributed by atoms with Crippen LogP contribution in [0.5, 0.6) is 0 Å². The van der Waals surface area contributed by atoms with Crippen LogP contribution in [0.15, 0.2) is 0 Å². The minimum absolute atomic E-state index is 0.0141. The summed E-state index contributed by atoms with van der Waals surface area (Å²) in [6.45, 7) is 8.99. The number of carboxylic acid groups (broad SMARTS) is 1. The summed E-state index contributed by atoms with van der Waals surface area (Å²) in [6, 6.07) is 0.219. The van der Waals surface area contributed by atoms with Crippen molar-refractivity contribution in [2.24, 2.45) is 10.8 Å². The molecule has 1 aliphatic carbocycles. The van der Waals surface area contributed by atoms with Gasteiger partial charge in [0.05, 0.1) is 0 Å². The number of carbonyl (C=O) groups is 2. The molecular weight excluding hydrogens is 242 g/mol. The zero-order valence-corrected chi connectivity index (χ0v) is 12.6. The van der Waals surface area contributed by atoms with Crippen LogP contribution in [0, 0.1) is 10.8 Å². The molecule has 2 N–H and O–H groups in total. The fraction of sp³-hybridized carbons (Fsp3) is 0.867. The molecule has 0 aromatic rings. The van der Waals surface area contributed by atoms with E-state index in [1.54, 1.807) is 0 Å². The molecular formula is C15H27NO3. The molecule has 0 unspecified atom stereocenters. The number of amides is 1. The van der Waals surface area contributed by atoms with Crippen LogP contribution in [0.4, 0.5) is 0 Å². The van der Waals surface area contributed by atoms with Crippen molar-refractivity contribution in [1.29, 1.82) is 0 Å². The van der Waals surface area contributed by atoms with E-state index in [-0.39, 0.29) is 29.2 Å². The van der Waals surface area contributed by atoms with E-state index < -0.39 is 5.97 Å². The molecule has 0 aliphatic heterocycles. The molecule has 0 radical (unpaired) electrons. The largest absolute Gasteiger partial charge is 0.481 e. The molecule has 1 saturated carbocycles. The molecule has 4 heteroatoms. The van der Waals surface area contributed by atoms with Crippen molar-refractivity contribution >= 4 is 11.9 Å². The van der Waals surface area contributed by atoms with Crippen molar-refractivity contribution in [2.45, 2.75) is 72.3 Å². The normalized spacial score (nSPS) is 21.9. The number of carbonyl (C=O) groups excluding carboxylic acids is 1. The molecule has 1 amide bonds. The van der Waals surface area contributed by atoms with E-state index in [9.17, 15) is 9.59 Å². The topological polar surface area (TPSA) is 66.4 Å². The van der Waals surface area contributed by atoms with Crippen LogP contribution in [-0.2, 0) is 9.59 Å². The third-order valence-electron chi connectivity index (χ3n) is 3.71. The Balaban J connectivity index is 2.43. The molecule has 1 fully saturated rings. The maximum Gasteiger partial charge on any atom is 0.303 e. The average molecular weight is 269 g/mol.